The summed E-state index contributed by atoms with van der Waals surface area (Å²) in [6.45, 7) is 0. The molecule has 2 aromatic heterocycles. The van der Waals surface area contributed by atoms with Crippen LogP contribution in [0.4, 0.5) is 9.52 Å². The SMILES string of the molecule is COc1cc(-c2ccc(-c3nnc(N(C4CC4)[C@@H]4CC5CCC(N5)[C@@H]4F)s3)c(O)c2)ccn1. The van der Waals surface area contributed by atoms with E-state index in [0.29, 0.717) is 28.5 Å². The van der Waals surface area contributed by atoms with Crippen LogP contribution in [0.2, 0.25) is 0 Å². The first-order valence-corrected chi connectivity index (χ1v) is 12.3. The van der Waals surface area contributed by atoms with Gasteiger partial charge in [0.2, 0.25) is 11.0 Å². The van der Waals surface area contributed by atoms with Gasteiger partial charge in [-0.2, -0.15) is 0 Å². The standard InChI is InChI=1S/C24H26FN5O2S/c1-32-21-11-14(8-9-26-21)13-2-6-17(20(31)10-13)23-28-29-24(33-23)30(16-4-5-16)19-12-15-3-7-18(27-15)22(19)25/h2,6,8-11,15-16,18-19,22,27,31H,3-5,7,12H2,1H3/t15?,18?,19-,22+/m1/s1. The van der Waals surface area contributed by atoms with Gasteiger partial charge in [0.05, 0.1) is 18.7 Å². The van der Waals surface area contributed by atoms with E-state index < -0.39 is 6.17 Å². The minimum Gasteiger partial charge on any atom is -0.507 e. The lowest BCUT2D eigenvalue weighted by atomic mass is 9.96. The molecule has 33 heavy (non-hydrogen) atoms. The second-order valence-electron chi connectivity index (χ2n) is 9.14. The second kappa shape index (κ2) is 8.22. The van der Waals surface area contributed by atoms with Crippen molar-refractivity contribution in [2.24, 2.45) is 0 Å². The number of phenols is 1. The number of ether oxygens (including phenoxy) is 1. The Labute approximate surface area is 195 Å². The van der Waals surface area contributed by atoms with Crippen LogP contribution in [0, 0.1) is 0 Å². The maximum Gasteiger partial charge on any atom is 0.213 e. The van der Waals surface area contributed by atoms with Crippen LogP contribution in [0.3, 0.4) is 0 Å². The second-order valence-corrected chi connectivity index (χ2v) is 10.1. The van der Waals surface area contributed by atoms with E-state index in [0.717, 1.165) is 48.4 Å². The molecular weight excluding hydrogens is 441 g/mol. The number of nitrogens with zero attached hydrogens (tertiary/aromatic N) is 4. The lowest BCUT2D eigenvalue weighted by Gasteiger charge is -2.40. The fraction of sp³-hybridized carbons (Fsp3) is 0.458. The number of alkyl halides is 1. The van der Waals surface area contributed by atoms with Crippen LogP contribution in [-0.2, 0) is 0 Å². The molecule has 172 valence electrons. The van der Waals surface area contributed by atoms with E-state index in [2.05, 4.69) is 25.4 Å². The molecule has 1 aromatic carbocycles. The molecule has 3 aliphatic rings. The number of hydrogen-bond donors (Lipinski definition) is 2. The summed E-state index contributed by atoms with van der Waals surface area (Å²) >= 11 is 1.43. The lowest BCUT2D eigenvalue weighted by molar-refractivity contribution is 0.172. The Morgan fingerprint density at radius 1 is 1.12 bits per heavy atom. The van der Waals surface area contributed by atoms with Crippen LogP contribution in [0.1, 0.15) is 32.1 Å². The van der Waals surface area contributed by atoms with Gasteiger partial charge in [0.15, 0.2) is 5.01 Å². The van der Waals surface area contributed by atoms with Gasteiger partial charge in [-0.1, -0.05) is 17.4 Å². The predicted octanol–water partition coefficient (Wildman–Crippen LogP) is 4.18. The molecule has 3 fully saturated rings. The van der Waals surface area contributed by atoms with E-state index in [1.165, 1.54) is 11.3 Å². The molecule has 4 atom stereocenters. The van der Waals surface area contributed by atoms with Gasteiger partial charge in [-0.05, 0) is 61.4 Å². The van der Waals surface area contributed by atoms with Gasteiger partial charge >= 0.3 is 0 Å². The van der Waals surface area contributed by atoms with Crippen molar-refractivity contribution in [3.63, 3.8) is 0 Å². The first-order valence-electron chi connectivity index (χ1n) is 11.5. The Bertz CT molecular complexity index is 1170. The molecule has 0 amide bonds. The summed E-state index contributed by atoms with van der Waals surface area (Å²) in [7, 11) is 1.57. The zero-order valence-electron chi connectivity index (χ0n) is 18.3. The van der Waals surface area contributed by atoms with Gasteiger partial charge in [0.1, 0.15) is 11.9 Å². The number of hydrogen-bond acceptors (Lipinski definition) is 8. The van der Waals surface area contributed by atoms with Crippen LogP contribution in [0.5, 0.6) is 11.6 Å². The molecule has 1 saturated carbocycles. The molecule has 2 saturated heterocycles. The third kappa shape index (κ3) is 3.83. The molecule has 2 N–H and O–H groups in total. The van der Waals surface area contributed by atoms with Gasteiger partial charge in [0.25, 0.3) is 0 Å². The van der Waals surface area contributed by atoms with Crippen molar-refractivity contribution in [1.82, 2.24) is 20.5 Å². The number of rotatable bonds is 6. The maximum absolute atomic E-state index is 15.3. The minimum atomic E-state index is -0.901. The number of piperidine rings is 1. The average Bonchev–Trinajstić information content (AvgIpc) is 3.40. The van der Waals surface area contributed by atoms with E-state index >= 15 is 4.39 Å². The van der Waals surface area contributed by atoms with E-state index in [9.17, 15) is 5.11 Å². The number of nitrogens with one attached hydrogen (secondary N) is 1. The first-order chi connectivity index (χ1) is 16.1. The quantitative estimate of drug-likeness (QED) is 0.563. The minimum absolute atomic E-state index is 0.0502. The number of fused-ring (bicyclic) bond motifs is 2. The van der Waals surface area contributed by atoms with Crippen molar-refractivity contribution in [1.29, 1.82) is 0 Å². The molecule has 2 bridgehead atoms. The first kappa shape index (κ1) is 20.8. The number of aromatic hydroxyl groups is 1. The van der Waals surface area contributed by atoms with E-state index in [-0.39, 0.29) is 17.8 Å². The Hall–Kier alpha value is -2.78. The number of halogens is 1. The summed E-state index contributed by atoms with van der Waals surface area (Å²) in [5.41, 5.74) is 2.38. The molecule has 2 aliphatic heterocycles. The van der Waals surface area contributed by atoms with Crippen LogP contribution < -0.4 is 15.0 Å². The molecule has 0 radical (unpaired) electrons. The smallest absolute Gasteiger partial charge is 0.213 e. The summed E-state index contributed by atoms with van der Waals surface area (Å²) in [6, 6.07) is 9.72. The third-order valence-corrected chi connectivity index (χ3v) is 7.96. The average molecular weight is 468 g/mol. The van der Waals surface area contributed by atoms with Crippen molar-refractivity contribution in [2.75, 3.05) is 12.0 Å². The molecule has 1 aliphatic carbocycles. The highest BCUT2D eigenvalue weighted by Gasteiger charge is 2.48. The lowest BCUT2D eigenvalue weighted by Crippen LogP contribution is -2.57. The molecule has 9 heteroatoms. The number of methoxy groups -OCH3 is 1. The predicted molar refractivity (Wildman–Crippen MR) is 126 cm³/mol. The van der Waals surface area contributed by atoms with Gasteiger partial charge in [0, 0.05) is 30.4 Å². The number of pyridine rings is 1. The molecule has 4 heterocycles. The summed E-state index contributed by atoms with van der Waals surface area (Å²) in [5.74, 6) is 0.648. The van der Waals surface area contributed by atoms with Crippen molar-refractivity contribution < 1.29 is 14.2 Å². The van der Waals surface area contributed by atoms with Gasteiger partial charge < -0.3 is 20.1 Å². The number of phenolic OH excluding ortho intramolecular Hbond substituents is 1. The van der Waals surface area contributed by atoms with Crippen LogP contribution in [0.25, 0.3) is 21.7 Å². The molecule has 7 nitrogen and oxygen atoms in total. The Morgan fingerprint density at radius 3 is 2.76 bits per heavy atom. The highest BCUT2D eigenvalue weighted by Crippen LogP contribution is 2.44. The van der Waals surface area contributed by atoms with Crippen LogP contribution >= 0.6 is 11.3 Å². The fourth-order valence-electron chi connectivity index (χ4n) is 5.19. The summed E-state index contributed by atoms with van der Waals surface area (Å²) in [6.07, 6.45) is 5.66. The van der Waals surface area contributed by atoms with Crippen LogP contribution in [0.15, 0.2) is 36.5 Å². The molecule has 0 spiro atoms. The largest absolute Gasteiger partial charge is 0.507 e. The van der Waals surface area contributed by atoms with E-state index in [4.69, 9.17) is 4.74 Å². The van der Waals surface area contributed by atoms with E-state index in [1.807, 2.05) is 24.3 Å². The zero-order chi connectivity index (χ0) is 22.5. The Kier molecular flexibility index (Phi) is 5.18. The van der Waals surface area contributed by atoms with Crippen molar-refractivity contribution in [3.8, 4) is 33.3 Å². The molecular formula is C24H26FN5O2S. The molecule has 6 rings (SSSR count). The number of aromatic nitrogens is 3. The highest BCUT2D eigenvalue weighted by atomic mass is 32.1. The maximum atomic E-state index is 15.3. The Morgan fingerprint density at radius 2 is 1.97 bits per heavy atom. The van der Waals surface area contributed by atoms with Crippen LogP contribution in [-0.4, -0.2) is 57.7 Å². The summed E-state index contributed by atoms with van der Waals surface area (Å²) < 4.78 is 20.5. The Balaban J connectivity index is 1.28. The van der Waals surface area contributed by atoms with E-state index in [1.54, 1.807) is 19.4 Å². The number of benzene rings is 1. The third-order valence-electron chi connectivity index (χ3n) is 6.99. The zero-order valence-corrected chi connectivity index (χ0v) is 19.1. The topological polar surface area (TPSA) is 83.4 Å². The fourth-order valence-corrected chi connectivity index (χ4v) is 6.20. The van der Waals surface area contributed by atoms with Crippen molar-refractivity contribution >= 4 is 16.5 Å². The van der Waals surface area contributed by atoms with Gasteiger partial charge in [-0.3, -0.25) is 0 Å². The summed E-state index contributed by atoms with van der Waals surface area (Å²) in [4.78, 5) is 6.32. The molecule has 2 unspecified atom stereocenters. The monoisotopic (exact) mass is 467 g/mol. The number of anilines is 1. The normalized spacial score (nSPS) is 26.4. The highest BCUT2D eigenvalue weighted by molar-refractivity contribution is 7.18. The summed E-state index contributed by atoms with van der Waals surface area (Å²) in [5, 5.41) is 24.4. The van der Waals surface area contributed by atoms with Crippen molar-refractivity contribution in [2.45, 2.75) is 62.4 Å². The molecule has 3 aromatic rings. The van der Waals surface area contributed by atoms with Gasteiger partial charge in [-0.15, -0.1) is 10.2 Å². The van der Waals surface area contributed by atoms with Crippen molar-refractivity contribution in [3.05, 3.63) is 36.5 Å². The van der Waals surface area contributed by atoms with Gasteiger partial charge in [-0.25, -0.2) is 9.37 Å².